The van der Waals surface area contributed by atoms with E-state index < -0.39 is 5.54 Å². The van der Waals surface area contributed by atoms with Gasteiger partial charge in [0.05, 0.1) is 5.54 Å². The van der Waals surface area contributed by atoms with E-state index in [9.17, 15) is 9.59 Å². The van der Waals surface area contributed by atoms with E-state index in [1.54, 1.807) is 19.0 Å². The van der Waals surface area contributed by atoms with Crippen LogP contribution in [0, 0.1) is 0 Å². The van der Waals surface area contributed by atoms with E-state index >= 15 is 0 Å². The fourth-order valence-corrected chi connectivity index (χ4v) is 3.27. The molecule has 132 valence electrons. The van der Waals surface area contributed by atoms with Crippen LogP contribution in [0.5, 0.6) is 0 Å². The molecule has 1 fully saturated rings. The molecule has 1 aromatic carbocycles. The number of rotatable bonds is 5. The molecule has 0 radical (unpaired) electrons. The number of nitrogens with zero attached hydrogens (tertiary/aromatic N) is 2. The van der Waals surface area contributed by atoms with Gasteiger partial charge in [0.15, 0.2) is 0 Å². The van der Waals surface area contributed by atoms with E-state index in [2.05, 4.69) is 0 Å². The summed E-state index contributed by atoms with van der Waals surface area (Å²) in [5.74, 6) is 0.0336. The lowest BCUT2D eigenvalue weighted by molar-refractivity contribution is -0.138. The van der Waals surface area contributed by atoms with Gasteiger partial charge < -0.3 is 15.5 Å². The number of hydrogen-bond acceptors (Lipinski definition) is 3. The Labute approximate surface area is 144 Å². The van der Waals surface area contributed by atoms with Crippen molar-refractivity contribution < 1.29 is 9.59 Å². The number of amides is 2. The van der Waals surface area contributed by atoms with Crippen LogP contribution in [0.25, 0.3) is 0 Å². The minimum Gasteiger partial charge on any atom is -0.345 e. The lowest BCUT2D eigenvalue weighted by Crippen LogP contribution is -2.56. The first kappa shape index (κ1) is 18.5. The zero-order valence-corrected chi connectivity index (χ0v) is 15.0. The van der Waals surface area contributed by atoms with Crippen molar-refractivity contribution in [2.24, 2.45) is 5.73 Å². The van der Waals surface area contributed by atoms with E-state index in [1.807, 2.05) is 36.1 Å². The highest BCUT2D eigenvalue weighted by atomic mass is 16.2. The van der Waals surface area contributed by atoms with E-state index in [-0.39, 0.29) is 11.8 Å². The first-order valence-electron chi connectivity index (χ1n) is 8.76. The van der Waals surface area contributed by atoms with E-state index in [0.29, 0.717) is 18.7 Å². The monoisotopic (exact) mass is 331 g/mol. The van der Waals surface area contributed by atoms with Crippen molar-refractivity contribution in [1.82, 2.24) is 9.80 Å². The van der Waals surface area contributed by atoms with E-state index in [0.717, 1.165) is 31.2 Å². The van der Waals surface area contributed by atoms with Crippen molar-refractivity contribution in [1.29, 1.82) is 0 Å². The molecule has 2 amide bonds. The Kier molecular flexibility index (Phi) is 5.99. The molecule has 1 aromatic rings. The molecule has 0 spiro atoms. The molecule has 5 heteroatoms. The molecule has 1 aliphatic carbocycles. The third-order valence-corrected chi connectivity index (χ3v) is 4.82. The SMILES string of the molecule is CCN(Cc1ccc(C(=O)N(C)C)cc1)C(=O)C1(N)CCCCC1. The van der Waals surface area contributed by atoms with Crippen LogP contribution in [-0.2, 0) is 11.3 Å². The van der Waals surface area contributed by atoms with Crippen molar-refractivity contribution in [3.63, 3.8) is 0 Å². The standard InChI is InChI=1S/C19H29N3O2/c1-4-22(18(24)19(20)12-6-5-7-13-19)14-15-8-10-16(11-9-15)17(23)21(2)3/h8-11H,4-7,12-14,20H2,1-3H3. The Morgan fingerprint density at radius 1 is 1.08 bits per heavy atom. The molecule has 0 bridgehead atoms. The van der Waals surface area contributed by atoms with Crippen LogP contribution in [0.3, 0.4) is 0 Å². The smallest absolute Gasteiger partial charge is 0.253 e. The number of hydrogen-bond donors (Lipinski definition) is 1. The van der Waals surface area contributed by atoms with Gasteiger partial charge in [-0.05, 0) is 37.5 Å². The van der Waals surface area contributed by atoms with Crippen LogP contribution in [-0.4, -0.2) is 47.8 Å². The highest BCUT2D eigenvalue weighted by molar-refractivity contribution is 5.93. The van der Waals surface area contributed by atoms with Crippen molar-refractivity contribution >= 4 is 11.8 Å². The molecule has 1 aliphatic rings. The Hall–Kier alpha value is -1.88. The van der Waals surface area contributed by atoms with Gasteiger partial charge in [-0.3, -0.25) is 9.59 Å². The number of carbonyl (C=O) groups is 2. The minimum atomic E-state index is -0.699. The summed E-state index contributed by atoms with van der Waals surface area (Å²) in [6.07, 6.45) is 4.78. The molecule has 2 N–H and O–H groups in total. The summed E-state index contributed by atoms with van der Waals surface area (Å²) in [6, 6.07) is 7.46. The third-order valence-electron chi connectivity index (χ3n) is 4.82. The van der Waals surface area contributed by atoms with Gasteiger partial charge in [-0.2, -0.15) is 0 Å². The predicted molar refractivity (Wildman–Crippen MR) is 95.6 cm³/mol. The summed E-state index contributed by atoms with van der Waals surface area (Å²) in [6.45, 7) is 3.15. The van der Waals surface area contributed by atoms with Crippen molar-refractivity contribution in [2.45, 2.75) is 51.1 Å². The van der Waals surface area contributed by atoms with Gasteiger partial charge in [-0.1, -0.05) is 31.4 Å². The maximum atomic E-state index is 12.9. The van der Waals surface area contributed by atoms with Crippen LogP contribution in [0.1, 0.15) is 54.9 Å². The summed E-state index contributed by atoms with van der Waals surface area (Å²) in [5, 5.41) is 0. The van der Waals surface area contributed by atoms with Crippen LogP contribution in [0.2, 0.25) is 0 Å². The molecule has 2 rings (SSSR count). The van der Waals surface area contributed by atoms with Crippen molar-refractivity contribution in [3.8, 4) is 0 Å². The molecule has 0 aromatic heterocycles. The number of carbonyl (C=O) groups excluding carboxylic acids is 2. The summed E-state index contributed by atoms with van der Waals surface area (Å²) < 4.78 is 0. The van der Waals surface area contributed by atoms with Gasteiger partial charge in [0.25, 0.3) is 5.91 Å². The van der Waals surface area contributed by atoms with Crippen LogP contribution in [0.15, 0.2) is 24.3 Å². The van der Waals surface area contributed by atoms with Gasteiger partial charge in [-0.15, -0.1) is 0 Å². The van der Waals surface area contributed by atoms with E-state index in [4.69, 9.17) is 5.73 Å². The molecule has 24 heavy (non-hydrogen) atoms. The van der Waals surface area contributed by atoms with Gasteiger partial charge in [-0.25, -0.2) is 0 Å². The maximum absolute atomic E-state index is 12.9. The topological polar surface area (TPSA) is 66.6 Å². The Morgan fingerprint density at radius 2 is 1.67 bits per heavy atom. The van der Waals surface area contributed by atoms with Crippen LogP contribution < -0.4 is 5.73 Å². The lowest BCUT2D eigenvalue weighted by atomic mass is 9.81. The molecular formula is C19H29N3O2. The zero-order valence-electron chi connectivity index (χ0n) is 15.0. The lowest BCUT2D eigenvalue weighted by Gasteiger charge is -2.36. The molecule has 5 nitrogen and oxygen atoms in total. The second kappa shape index (κ2) is 7.79. The van der Waals surface area contributed by atoms with Gasteiger partial charge >= 0.3 is 0 Å². The largest absolute Gasteiger partial charge is 0.345 e. The van der Waals surface area contributed by atoms with Gasteiger partial charge in [0, 0.05) is 32.7 Å². The van der Waals surface area contributed by atoms with Gasteiger partial charge in [0.1, 0.15) is 0 Å². The number of nitrogens with two attached hydrogens (primary N) is 1. The first-order chi connectivity index (χ1) is 11.4. The Morgan fingerprint density at radius 3 is 2.17 bits per heavy atom. The molecule has 1 saturated carbocycles. The summed E-state index contributed by atoms with van der Waals surface area (Å²) in [7, 11) is 3.47. The molecule has 0 aliphatic heterocycles. The second-order valence-electron chi connectivity index (χ2n) is 6.93. The average Bonchev–Trinajstić information content (AvgIpc) is 2.59. The molecule has 0 atom stereocenters. The van der Waals surface area contributed by atoms with Crippen molar-refractivity contribution in [3.05, 3.63) is 35.4 Å². The quantitative estimate of drug-likeness (QED) is 0.901. The number of benzene rings is 1. The highest BCUT2D eigenvalue weighted by Crippen LogP contribution is 2.28. The molecule has 0 unspecified atom stereocenters. The number of likely N-dealkylation sites (N-methyl/N-ethyl adjacent to an activating group) is 1. The van der Waals surface area contributed by atoms with Crippen molar-refractivity contribution in [2.75, 3.05) is 20.6 Å². The van der Waals surface area contributed by atoms with Crippen LogP contribution >= 0.6 is 0 Å². The molecular weight excluding hydrogens is 302 g/mol. The zero-order chi connectivity index (χ0) is 17.7. The highest BCUT2D eigenvalue weighted by Gasteiger charge is 2.37. The van der Waals surface area contributed by atoms with Crippen LogP contribution in [0.4, 0.5) is 0 Å². The second-order valence-corrected chi connectivity index (χ2v) is 6.93. The summed E-state index contributed by atoms with van der Waals surface area (Å²) in [5.41, 5.74) is 7.36. The maximum Gasteiger partial charge on any atom is 0.253 e. The predicted octanol–water partition coefficient (Wildman–Crippen LogP) is 2.40. The first-order valence-corrected chi connectivity index (χ1v) is 8.76. The summed E-state index contributed by atoms with van der Waals surface area (Å²) >= 11 is 0. The van der Waals surface area contributed by atoms with E-state index in [1.165, 1.54) is 6.42 Å². The molecule has 0 saturated heterocycles. The normalized spacial score (nSPS) is 16.5. The molecule has 0 heterocycles. The fourth-order valence-electron chi connectivity index (χ4n) is 3.27. The Balaban J connectivity index is 2.07. The third kappa shape index (κ3) is 4.15. The van der Waals surface area contributed by atoms with Gasteiger partial charge in [0.2, 0.25) is 5.91 Å². The Bertz CT molecular complexity index is 575. The fraction of sp³-hybridized carbons (Fsp3) is 0.579. The summed E-state index contributed by atoms with van der Waals surface area (Å²) in [4.78, 5) is 28.2. The minimum absolute atomic E-state index is 0.0203. The average molecular weight is 331 g/mol.